The summed E-state index contributed by atoms with van der Waals surface area (Å²) in [7, 11) is -0.818. The van der Waals surface area contributed by atoms with Crippen LogP contribution >= 0.6 is 0 Å². The Kier molecular flexibility index (Phi) is 9.93. The third-order valence-corrected chi connectivity index (χ3v) is 17.6. The number of likely N-dealkylation sites (tertiary alicyclic amines) is 1. The second kappa shape index (κ2) is 15.1. The summed E-state index contributed by atoms with van der Waals surface area (Å²) in [6.45, 7) is 7.57. The number of aliphatic hydroxyl groups is 1. The van der Waals surface area contributed by atoms with E-state index >= 15 is 4.79 Å². The SMILES string of the molecule is COc1ccc([Si](C)(C)[C@H]2[C@H](CC(=O)N3CCC[C@H]3CO)O[C@@]3(C(=O)N(Cc4ccc(N5C(=O)c6ccccc6Oc6ccccc65)cc4)c4ccccc43)[C@@H]2C)cc1. The van der Waals surface area contributed by atoms with Gasteiger partial charge in [0.2, 0.25) is 5.91 Å². The number of anilines is 3. The van der Waals surface area contributed by atoms with Crippen LogP contribution in [-0.4, -0.2) is 68.2 Å². The molecule has 0 bridgehead atoms. The summed E-state index contributed by atoms with van der Waals surface area (Å²) in [6.07, 6.45) is 1.23. The lowest BCUT2D eigenvalue weighted by molar-refractivity contribution is -0.150. The minimum Gasteiger partial charge on any atom is -0.497 e. The van der Waals surface area contributed by atoms with Crippen molar-refractivity contribution in [2.45, 2.75) is 69.1 Å². The van der Waals surface area contributed by atoms with Gasteiger partial charge < -0.3 is 29.1 Å². The van der Waals surface area contributed by atoms with Gasteiger partial charge in [-0.1, -0.05) is 91.9 Å². The van der Waals surface area contributed by atoms with Crippen LogP contribution in [0, 0.1) is 5.92 Å². The third kappa shape index (κ3) is 6.34. The lowest BCUT2D eigenvalue weighted by Gasteiger charge is -2.37. The Morgan fingerprint density at radius 3 is 2.27 bits per heavy atom. The van der Waals surface area contributed by atoms with E-state index in [1.165, 1.54) is 5.19 Å². The predicted molar refractivity (Wildman–Crippen MR) is 230 cm³/mol. The molecule has 9 rings (SSSR count). The van der Waals surface area contributed by atoms with Gasteiger partial charge in [-0.2, -0.15) is 0 Å². The highest BCUT2D eigenvalue weighted by atomic mass is 28.3. The van der Waals surface area contributed by atoms with Gasteiger partial charge in [0.05, 0.1) is 63.8 Å². The Labute approximate surface area is 345 Å². The monoisotopic (exact) mass is 807 g/mol. The maximum atomic E-state index is 15.3. The highest BCUT2D eigenvalue weighted by Gasteiger charge is 2.66. The Balaban J connectivity index is 1.05. The number of hydrogen-bond acceptors (Lipinski definition) is 7. The van der Waals surface area contributed by atoms with Crippen LogP contribution in [0.2, 0.25) is 18.6 Å². The molecule has 0 unspecified atom stereocenters. The van der Waals surface area contributed by atoms with Crippen LogP contribution in [0.1, 0.15) is 47.7 Å². The predicted octanol–water partition coefficient (Wildman–Crippen LogP) is 7.92. The summed E-state index contributed by atoms with van der Waals surface area (Å²) in [5.41, 5.74) is 2.85. The van der Waals surface area contributed by atoms with Crippen LogP contribution in [0.3, 0.4) is 0 Å². The average Bonchev–Trinajstić information content (AvgIpc) is 3.90. The molecule has 5 aromatic rings. The molecule has 4 aliphatic heterocycles. The first-order chi connectivity index (χ1) is 28.6. The lowest BCUT2D eigenvalue weighted by atomic mass is 9.82. The molecule has 4 heterocycles. The van der Waals surface area contributed by atoms with E-state index in [9.17, 15) is 14.7 Å². The molecule has 2 fully saturated rings. The van der Waals surface area contributed by atoms with Crippen molar-refractivity contribution >= 4 is 48.0 Å². The van der Waals surface area contributed by atoms with E-state index < -0.39 is 19.8 Å². The molecule has 4 aliphatic rings. The molecule has 11 heteroatoms. The number of rotatable bonds is 9. The number of benzene rings is 5. The largest absolute Gasteiger partial charge is 0.497 e. The average molecular weight is 808 g/mol. The number of methoxy groups -OCH3 is 1. The smallest absolute Gasteiger partial charge is 0.266 e. The number of carbonyl (C=O) groups is 3. The fraction of sp³-hybridized carbons (Fsp3) is 0.312. The summed E-state index contributed by atoms with van der Waals surface area (Å²) in [5, 5.41) is 11.3. The fourth-order valence-electron chi connectivity index (χ4n) is 10.3. The van der Waals surface area contributed by atoms with Crippen LogP contribution in [0.4, 0.5) is 17.1 Å². The van der Waals surface area contributed by atoms with E-state index in [-0.39, 0.29) is 54.8 Å². The van der Waals surface area contributed by atoms with Gasteiger partial charge in [-0.15, -0.1) is 0 Å². The van der Waals surface area contributed by atoms with Crippen LogP contribution < -0.4 is 24.5 Å². The molecule has 0 radical (unpaired) electrons. The first kappa shape index (κ1) is 38.7. The van der Waals surface area contributed by atoms with E-state index in [1.54, 1.807) is 24.1 Å². The van der Waals surface area contributed by atoms with E-state index in [2.05, 4.69) is 32.2 Å². The van der Waals surface area contributed by atoms with Gasteiger partial charge >= 0.3 is 0 Å². The molecule has 5 aromatic carbocycles. The number of amides is 3. The molecule has 10 nitrogen and oxygen atoms in total. The van der Waals surface area contributed by atoms with Crippen LogP contribution in [0.25, 0.3) is 0 Å². The van der Waals surface area contributed by atoms with Gasteiger partial charge in [-0.05, 0) is 78.5 Å². The van der Waals surface area contributed by atoms with Crippen molar-refractivity contribution in [1.29, 1.82) is 0 Å². The van der Waals surface area contributed by atoms with E-state index in [1.807, 2.05) is 107 Å². The topological polar surface area (TPSA) is 109 Å². The molecule has 0 saturated carbocycles. The maximum absolute atomic E-state index is 15.3. The summed E-state index contributed by atoms with van der Waals surface area (Å²) >= 11 is 0. The molecule has 0 aliphatic carbocycles. The lowest BCUT2D eigenvalue weighted by Crippen LogP contribution is -2.52. The molecule has 3 amide bonds. The zero-order valence-corrected chi connectivity index (χ0v) is 34.8. The number of hydrogen-bond donors (Lipinski definition) is 1. The van der Waals surface area contributed by atoms with Crippen molar-refractivity contribution in [2.24, 2.45) is 5.92 Å². The van der Waals surface area contributed by atoms with E-state index in [0.29, 0.717) is 35.0 Å². The highest BCUT2D eigenvalue weighted by Crippen LogP contribution is 2.60. The second-order valence-electron chi connectivity index (χ2n) is 16.7. The normalized spacial score (nSPS) is 23.5. The minimum absolute atomic E-state index is 0.0448. The zero-order chi connectivity index (χ0) is 41.1. The second-order valence-corrected chi connectivity index (χ2v) is 21.4. The van der Waals surface area contributed by atoms with Gasteiger partial charge in [-0.3, -0.25) is 19.3 Å². The van der Waals surface area contributed by atoms with Gasteiger partial charge in [0.1, 0.15) is 11.5 Å². The van der Waals surface area contributed by atoms with Gasteiger partial charge in [0, 0.05) is 23.7 Å². The third-order valence-electron chi connectivity index (χ3n) is 13.2. The Hall–Kier alpha value is -5.75. The zero-order valence-electron chi connectivity index (χ0n) is 33.8. The van der Waals surface area contributed by atoms with E-state index in [4.69, 9.17) is 14.2 Å². The van der Waals surface area contributed by atoms with Crippen LogP contribution in [-0.2, 0) is 26.5 Å². The molecule has 1 spiro atoms. The minimum atomic E-state index is -2.47. The van der Waals surface area contributed by atoms with Crippen molar-refractivity contribution in [3.8, 4) is 17.2 Å². The molecule has 0 aromatic heterocycles. The first-order valence-electron chi connectivity index (χ1n) is 20.5. The highest BCUT2D eigenvalue weighted by molar-refractivity contribution is 6.91. The van der Waals surface area contributed by atoms with Crippen molar-refractivity contribution in [2.75, 3.05) is 30.1 Å². The number of para-hydroxylation sites is 4. The van der Waals surface area contributed by atoms with Crippen LogP contribution in [0.5, 0.6) is 17.2 Å². The van der Waals surface area contributed by atoms with Gasteiger partial charge in [-0.25, -0.2) is 0 Å². The number of fused-ring (bicyclic) bond motifs is 4. The molecular formula is C48H49N3O7Si. The number of nitrogens with zero attached hydrogens (tertiary/aromatic N) is 3. The first-order valence-corrected chi connectivity index (χ1v) is 23.6. The van der Waals surface area contributed by atoms with Crippen molar-refractivity contribution in [1.82, 2.24) is 4.90 Å². The number of ether oxygens (including phenoxy) is 3. The van der Waals surface area contributed by atoms with Crippen molar-refractivity contribution in [3.63, 3.8) is 0 Å². The standard InChI is InChI=1S/C48H49N3O7Si/c1-31-45(59(3,4)36-25-23-35(56-2)24-26-36)43(28-44(53)49-27-11-12-34(49)30-52)58-48(31)38-14-6-7-15-39(38)50(47(48)55)29-32-19-21-33(22-20-32)51-40-16-8-10-18-42(40)57-41-17-9-5-13-37(41)46(51)54/h5-10,13-26,31,34,43,45,52H,11-12,27-30H2,1-4H3/t31-,34+,43+,45-,48+/m1/s1. The molecule has 2 saturated heterocycles. The summed E-state index contributed by atoms with van der Waals surface area (Å²) in [4.78, 5) is 48.8. The number of carbonyl (C=O) groups excluding carboxylic acids is 3. The van der Waals surface area contributed by atoms with Crippen molar-refractivity contribution in [3.05, 3.63) is 138 Å². The van der Waals surface area contributed by atoms with Crippen molar-refractivity contribution < 1.29 is 33.7 Å². The summed E-state index contributed by atoms with van der Waals surface area (Å²) in [6, 6.07) is 38.4. The van der Waals surface area contributed by atoms with Gasteiger partial charge in [0.25, 0.3) is 11.8 Å². The molecule has 5 atom stereocenters. The summed E-state index contributed by atoms with van der Waals surface area (Å²) in [5.74, 6) is 1.20. The summed E-state index contributed by atoms with van der Waals surface area (Å²) < 4.78 is 18.9. The molecule has 302 valence electrons. The molecule has 1 N–H and O–H groups in total. The Morgan fingerprint density at radius 2 is 1.54 bits per heavy atom. The Bertz CT molecular complexity index is 2420. The number of aliphatic hydroxyl groups excluding tert-OH is 1. The van der Waals surface area contributed by atoms with E-state index in [0.717, 1.165) is 35.4 Å². The van der Waals surface area contributed by atoms with Crippen LogP contribution in [0.15, 0.2) is 121 Å². The van der Waals surface area contributed by atoms with Gasteiger partial charge in [0.15, 0.2) is 11.4 Å². The molecular weight excluding hydrogens is 759 g/mol. The maximum Gasteiger partial charge on any atom is 0.266 e. The fourth-order valence-corrected chi connectivity index (χ4v) is 14.3. The molecule has 59 heavy (non-hydrogen) atoms. The quantitative estimate of drug-likeness (QED) is 0.151. The Morgan fingerprint density at radius 1 is 0.864 bits per heavy atom.